The first kappa shape index (κ1) is 14.8. The molecule has 2 saturated heterocycles. The highest BCUT2D eigenvalue weighted by Gasteiger charge is 2.31. The van der Waals surface area contributed by atoms with Crippen LogP contribution in [0.4, 0.5) is 5.82 Å². The van der Waals surface area contributed by atoms with Crippen LogP contribution in [0.1, 0.15) is 37.7 Å². The lowest BCUT2D eigenvalue weighted by Gasteiger charge is -2.37. The first-order chi connectivity index (χ1) is 10.8. The van der Waals surface area contributed by atoms with Crippen molar-refractivity contribution in [2.75, 3.05) is 31.1 Å². The van der Waals surface area contributed by atoms with E-state index in [0.29, 0.717) is 18.0 Å². The zero-order chi connectivity index (χ0) is 15.4. The summed E-state index contributed by atoms with van der Waals surface area (Å²) in [5.74, 6) is 1.06. The monoisotopic (exact) mass is 298 g/mol. The quantitative estimate of drug-likeness (QED) is 0.839. The van der Waals surface area contributed by atoms with Gasteiger partial charge in [0, 0.05) is 32.4 Å². The van der Waals surface area contributed by atoms with Crippen LogP contribution >= 0.6 is 0 Å². The van der Waals surface area contributed by atoms with Gasteiger partial charge in [-0.3, -0.25) is 4.79 Å². The highest BCUT2D eigenvalue weighted by Crippen LogP contribution is 2.26. The Morgan fingerprint density at radius 3 is 2.82 bits per heavy atom. The van der Waals surface area contributed by atoms with Crippen molar-refractivity contribution in [2.45, 2.75) is 32.1 Å². The minimum Gasteiger partial charge on any atom is -0.355 e. The van der Waals surface area contributed by atoms with Crippen LogP contribution in [0.15, 0.2) is 18.3 Å². The summed E-state index contributed by atoms with van der Waals surface area (Å²) in [6, 6.07) is 5.77. The van der Waals surface area contributed by atoms with Crippen molar-refractivity contribution in [1.82, 2.24) is 9.88 Å². The SMILES string of the molecule is N#Cc1cccnc1N1CCCC(C(=O)N2CCCCC2)C1. The van der Waals surface area contributed by atoms with Crippen LogP contribution in [0, 0.1) is 17.2 Å². The fourth-order valence-corrected chi connectivity index (χ4v) is 3.48. The van der Waals surface area contributed by atoms with E-state index in [4.69, 9.17) is 0 Å². The second-order valence-electron chi connectivity index (χ2n) is 6.16. The van der Waals surface area contributed by atoms with Crippen molar-refractivity contribution in [2.24, 2.45) is 5.92 Å². The molecule has 1 amide bonds. The number of aromatic nitrogens is 1. The molecular weight excluding hydrogens is 276 g/mol. The minimum atomic E-state index is 0.0420. The second kappa shape index (κ2) is 6.78. The summed E-state index contributed by atoms with van der Waals surface area (Å²) in [5.41, 5.74) is 0.591. The molecule has 0 N–H and O–H groups in total. The third-order valence-corrected chi connectivity index (χ3v) is 4.65. The van der Waals surface area contributed by atoms with Crippen LogP contribution in [0.3, 0.4) is 0 Å². The van der Waals surface area contributed by atoms with E-state index in [1.807, 2.05) is 4.90 Å². The van der Waals surface area contributed by atoms with Gasteiger partial charge in [0.05, 0.1) is 11.5 Å². The summed E-state index contributed by atoms with van der Waals surface area (Å²) >= 11 is 0. The fraction of sp³-hybridized carbons (Fsp3) is 0.588. The summed E-state index contributed by atoms with van der Waals surface area (Å²) in [4.78, 5) is 21.2. The molecule has 1 aromatic rings. The van der Waals surface area contributed by atoms with Crippen LogP contribution in [0.5, 0.6) is 0 Å². The number of nitrogens with zero attached hydrogens (tertiary/aromatic N) is 4. The van der Waals surface area contributed by atoms with E-state index >= 15 is 0 Å². The van der Waals surface area contributed by atoms with Gasteiger partial charge in [0.2, 0.25) is 5.91 Å². The number of hydrogen-bond acceptors (Lipinski definition) is 4. The van der Waals surface area contributed by atoms with E-state index in [9.17, 15) is 10.1 Å². The van der Waals surface area contributed by atoms with Gasteiger partial charge in [0.25, 0.3) is 0 Å². The number of piperidine rings is 2. The normalized spacial score (nSPS) is 22.2. The van der Waals surface area contributed by atoms with E-state index in [1.54, 1.807) is 18.3 Å². The van der Waals surface area contributed by atoms with Crippen LogP contribution in [0.25, 0.3) is 0 Å². The van der Waals surface area contributed by atoms with Gasteiger partial charge in [-0.05, 0) is 44.2 Å². The van der Waals surface area contributed by atoms with Crippen LogP contribution < -0.4 is 4.90 Å². The molecule has 22 heavy (non-hydrogen) atoms. The average Bonchev–Trinajstić information content (AvgIpc) is 2.62. The van der Waals surface area contributed by atoms with E-state index in [-0.39, 0.29) is 5.92 Å². The molecule has 0 bridgehead atoms. The molecule has 0 radical (unpaired) electrons. The lowest BCUT2D eigenvalue weighted by atomic mass is 9.95. The van der Waals surface area contributed by atoms with Crippen molar-refractivity contribution in [3.05, 3.63) is 23.9 Å². The fourth-order valence-electron chi connectivity index (χ4n) is 3.48. The Morgan fingerprint density at radius 1 is 1.23 bits per heavy atom. The molecule has 3 rings (SSSR count). The highest BCUT2D eigenvalue weighted by atomic mass is 16.2. The predicted molar refractivity (Wildman–Crippen MR) is 84.3 cm³/mol. The highest BCUT2D eigenvalue weighted by molar-refractivity contribution is 5.80. The summed E-state index contributed by atoms with van der Waals surface area (Å²) < 4.78 is 0. The van der Waals surface area contributed by atoms with Gasteiger partial charge in [0.1, 0.15) is 11.9 Å². The van der Waals surface area contributed by atoms with Crippen molar-refractivity contribution in [3.63, 3.8) is 0 Å². The van der Waals surface area contributed by atoms with Crippen molar-refractivity contribution in [3.8, 4) is 6.07 Å². The van der Waals surface area contributed by atoms with Gasteiger partial charge in [-0.15, -0.1) is 0 Å². The third kappa shape index (κ3) is 3.06. The Morgan fingerprint density at radius 2 is 2.05 bits per heavy atom. The van der Waals surface area contributed by atoms with Gasteiger partial charge in [-0.1, -0.05) is 0 Å². The van der Waals surface area contributed by atoms with E-state index in [2.05, 4.69) is 16.0 Å². The summed E-state index contributed by atoms with van der Waals surface area (Å²) in [7, 11) is 0. The number of likely N-dealkylation sites (tertiary alicyclic amines) is 1. The smallest absolute Gasteiger partial charge is 0.227 e. The Balaban J connectivity index is 1.71. The average molecular weight is 298 g/mol. The van der Waals surface area contributed by atoms with Gasteiger partial charge in [-0.25, -0.2) is 4.98 Å². The van der Waals surface area contributed by atoms with Gasteiger partial charge < -0.3 is 9.80 Å². The maximum atomic E-state index is 12.7. The Hall–Kier alpha value is -2.09. The lowest BCUT2D eigenvalue weighted by Crippen LogP contribution is -2.46. The minimum absolute atomic E-state index is 0.0420. The molecule has 0 aliphatic carbocycles. The molecule has 0 aromatic carbocycles. The topological polar surface area (TPSA) is 60.2 Å². The molecule has 1 unspecified atom stereocenters. The Bertz CT molecular complexity index is 574. The van der Waals surface area contributed by atoms with Crippen molar-refractivity contribution in [1.29, 1.82) is 5.26 Å². The summed E-state index contributed by atoms with van der Waals surface area (Å²) in [6.07, 6.45) is 7.13. The molecular formula is C17H22N4O. The standard InChI is InChI=1S/C17H22N4O/c18-12-14-6-4-8-19-16(14)21-11-5-7-15(13-21)17(22)20-9-2-1-3-10-20/h4,6,8,15H,1-3,5,7,9-11,13H2. The molecule has 0 spiro atoms. The molecule has 3 heterocycles. The van der Waals surface area contributed by atoms with Gasteiger partial charge in [-0.2, -0.15) is 5.26 Å². The summed E-state index contributed by atoms with van der Waals surface area (Å²) in [6.45, 7) is 3.36. The van der Waals surface area contributed by atoms with Crippen LogP contribution in [-0.4, -0.2) is 42.0 Å². The molecule has 116 valence electrons. The largest absolute Gasteiger partial charge is 0.355 e. The maximum Gasteiger partial charge on any atom is 0.227 e. The van der Waals surface area contributed by atoms with Crippen molar-refractivity contribution >= 4 is 11.7 Å². The number of rotatable bonds is 2. The zero-order valence-corrected chi connectivity index (χ0v) is 12.9. The van der Waals surface area contributed by atoms with E-state index in [1.165, 1.54) is 6.42 Å². The number of anilines is 1. The molecule has 0 saturated carbocycles. The maximum absolute atomic E-state index is 12.7. The molecule has 2 aliphatic rings. The first-order valence-electron chi connectivity index (χ1n) is 8.18. The second-order valence-corrected chi connectivity index (χ2v) is 6.16. The molecule has 5 heteroatoms. The number of nitriles is 1. The van der Waals surface area contributed by atoms with E-state index < -0.39 is 0 Å². The van der Waals surface area contributed by atoms with E-state index in [0.717, 1.165) is 51.1 Å². The molecule has 2 fully saturated rings. The molecule has 5 nitrogen and oxygen atoms in total. The molecule has 2 aliphatic heterocycles. The Kier molecular flexibility index (Phi) is 4.57. The number of pyridine rings is 1. The third-order valence-electron chi connectivity index (χ3n) is 4.65. The molecule has 1 aromatic heterocycles. The number of carbonyl (C=O) groups is 1. The number of hydrogen-bond donors (Lipinski definition) is 0. The zero-order valence-electron chi connectivity index (χ0n) is 12.9. The van der Waals surface area contributed by atoms with Crippen LogP contribution in [-0.2, 0) is 4.79 Å². The van der Waals surface area contributed by atoms with Crippen LogP contribution in [0.2, 0.25) is 0 Å². The first-order valence-corrected chi connectivity index (χ1v) is 8.18. The predicted octanol–water partition coefficient (Wildman–Crippen LogP) is 2.18. The van der Waals surface area contributed by atoms with Crippen molar-refractivity contribution < 1.29 is 4.79 Å². The number of amides is 1. The summed E-state index contributed by atoms with van der Waals surface area (Å²) in [5, 5.41) is 9.24. The molecule has 1 atom stereocenters. The van der Waals surface area contributed by atoms with Gasteiger partial charge >= 0.3 is 0 Å². The van der Waals surface area contributed by atoms with Gasteiger partial charge in [0.15, 0.2) is 0 Å². The Labute approximate surface area is 131 Å². The number of carbonyl (C=O) groups excluding carboxylic acids is 1. The lowest BCUT2D eigenvalue weighted by molar-refractivity contribution is -0.136.